The number of nitrogens with zero attached hydrogens (tertiary/aromatic N) is 2. The molecule has 0 N–H and O–H groups in total. The van der Waals surface area contributed by atoms with Crippen LogP contribution in [0.2, 0.25) is 0 Å². The molecule has 0 atom stereocenters. The Kier molecular flexibility index (Phi) is 5.35. The van der Waals surface area contributed by atoms with Crippen LogP contribution < -0.4 is 0 Å². The summed E-state index contributed by atoms with van der Waals surface area (Å²) in [7, 11) is 1.79. The molecule has 0 unspecified atom stereocenters. The molecule has 0 aliphatic carbocycles. The molecule has 0 radical (unpaired) electrons. The molecule has 0 aliphatic rings. The number of hydrogen-bond acceptors (Lipinski definition) is 2. The molecule has 0 aromatic carbocycles. The molecule has 0 fully saturated rings. The highest BCUT2D eigenvalue weighted by molar-refractivity contribution is 6.31. The van der Waals surface area contributed by atoms with Crippen LogP contribution in [0.1, 0.15) is 20.8 Å². The smallest absolute Gasteiger partial charge is 0.0552 e. The average molecular weight is 152 g/mol. The van der Waals surface area contributed by atoms with Gasteiger partial charge in [-0.15, -0.1) is 0 Å². The van der Waals surface area contributed by atoms with Crippen LogP contribution in [-0.4, -0.2) is 19.0 Å². The first kappa shape index (κ1) is 10.1. The van der Waals surface area contributed by atoms with E-state index < -0.39 is 0 Å². The van der Waals surface area contributed by atoms with Crippen molar-refractivity contribution in [1.82, 2.24) is 0 Å². The summed E-state index contributed by atoms with van der Waals surface area (Å²) in [6.45, 7) is 6.14. The molecule has 0 aromatic heterocycles. The number of rotatable bonds is 3. The Bertz CT molecular complexity index is 176. The van der Waals surface area contributed by atoms with Gasteiger partial charge in [-0.2, -0.15) is 0 Å². The molecule has 0 spiro atoms. The van der Waals surface area contributed by atoms with Crippen LogP contribution in [0, 0.1) is 5.92 Å². The van der Waals surface area contributed by atoms with Crippen LogP contribution in [-0.2, 0) is 0 Å². The Labute approximate surface area is 68.8 Å². The van der Waals surface area contributed by atoms with E-state index in [0.29, 0.717) is 5.92 Å². The van der Waals surface area contributed by atoms with Crippen LogP contribution in [0.25, 0.3) is 0 Å². The SMILES string of the molecule is C\C=C/N=C\C(=N/C)C(C)C. The molecule has 0 saturated heterocycles. The van der Waals surface area contributed by atoms with Crippen molar-refractivity contribution in [1.29, 1.82) is 0 Å². The number of allylic oxidation sites excluding steroid dienone is 1. The second-order valence-electron chi connectivity index (χ2n) is 2.56. The van der Waals surface area contributed by atoms with Gasteiger partial charge in [0.05, 0.1) is 5.71 Å². The zero-order valence-corrected chi connectivity index (χ0v) is 7.70. The molecule has 0 aliphatic heterocycles. The van der Waals surface area contributed by atoms with Gasteiger partial charge in [0.1, 0.15) is 0 Å². The minimum atomic E-state index is 0.453. The van der Waals surface area contributed by atoms with Gasteiger partial charge in [-0.05, 0) is 12.8 Å². The van der Waals surface area contributed by atoms with Crippen LogP contribution >= 0.6 is 0 Å². The van der Waals surface area contributed by atoms with Crippen molar-refractivity contribution in [2.75, 3.05) is 7.05 Å². The minimum Gasteiger partial charge on any atom is -0.291 e. The molecular formula is C9H16N2. The topological polar surface area (TPSA) is 24.7 Å². The Morgan fingerprint density at radius 2 is 2.00 bits per heavy atom. The van der Waals surface area contributed by atoms with E-state index in [0.717, 1.165) is 5.71 Å². The Balaban J connectivity index is 4.10. The molecular weight excluding hydrogens is 136 g/mol. The molecule has 62 valence electrons. The maximum Gasteiger partial charge on any atom is 0.0552 e. The first-order valence-corrected chi connectivity index (χ1v) is 3.83. The quantitative estimate of drug-likeness (QED) is 0.554. The predicted molar refractivity (Wildman–Crippen MR) is 51.5 cm³/mol. The lowest BCUT2D eigenvalue weighted by Crippen LogP contribution is -2.08. The van der Waals surface area contributed by atoms with Gasteiger partial charge in [0.25, 0.3) is 0 Å². The third kappa shape index (κ3) is 4.48. The van der Waals surface area contributed by atoms with Gasteiger partial charge < -0.3 is 0 Å². The Morgan fingerprint density at radius 3 is 2.36 bits per heavy atom. The van der Waals surface area contributed by atoms with Crippen molar-refractivity contribution in [3.05, 3.63) is 12.3 Å². The summed E-state index contributed by atoms with van der Waals surface area (Å²) in [5, 5.41) is 0. The summed E-state index contributed by atoms with van der Waals surface area (Å²) in [6.07, 6.45) is 5.45. The van der Waals surface area contributed by atoms with E-state index in [1.165, 1.54) is 0 Å². The fraction of sp³-hybridized carbons (Fsp3) is 0.556. The van der Waals surface area contributed by atoms with Crippen molar-refractivity contribution in [3.8, 4) is 0 Å². The van der Waals surface area contributed by atoms with Gasteiger partial charge in [-0.3, -0.25) is 9.98 Å². The van der Waals surface area contributed by atoms with E-state index in [9.17, 15) is 0 Å². The van der Waals surface area contributed by atoms with Crippen molar-refractivity contribution in [2.45, 2.75) is 20.8 Å². The van der Waals surface area contributed by atoms with Gasteiger partial charge in [-0.1, -0.05) is 19.9 Å². The molecule has 0 heterocycles. The van der Waals surface area contributed by atoms with Gasteiger partial charge >= 0.3 is 0 Å². The number of aliphatic imine (C=N–C) groups is 2. The molecule has 0 saturated carbocycles. The number of hydrogen-bond donors (Lipinski definition) is 0. The lowest BCUT2D eigenvalue weighted by molar-refractivity contribution is 0.893. The van der Waals surface area contributed by atoms with E-state index >= 15 is 0 Å². The Hall–Kier alpha value is -0.920. The van der Waals surface area contributed by atoms with Crippen LogP contribution in [0.3, 0.4) is 0 Å². The van der Waals surface area contributed by atoms with Gasteiger partial charge in [-0.25, -0.2) is 0 Å². The van der Waals surface area contributed by atoms with Crippen LogP contribution in [0.15, 0.2) is 22.3 Å². The van der Waals surface area contributed by atoms with Crippen molar-refractivity contribution < 1.29 is 0 Å². The van der Waals surface area contributed by atoms with Gasteiger partial charge in [0, 0.05) is 19.5 Å². The molecule has 0 aromatic rings. The minimum absolute atomic E-state index is 0.453. The van der Waals surface area contributed by atoms with Crippen LogP contribution in [0.5, 0.6) is 0 Å². The van der Waals surface area contributed by atoms with E-state index in [1.54, 1.807) is 19.5 Å². The van der Waals surface area contributed by atoms with Crippen molar-refractivity contribution >= 4 is 11.9 Å². The zero-order valence-electron chi connectivity index (χ0n) is 7.70. The Morgan fingerprint density at radius 1 is 1.36 bits per heavy atom. The monoisotopic (exact) mass is 152 g/mol. The molecule has 2 heteroatoms. The molecule has 0 amide bonds. The van der Waals surface area contributed by atoms with Gasteiger partial charge in [0.15, 0.2) is 0 Å². The summed E-state index contributed by atoms with van der Waals surface area (Å²) in [5.41, 5.74) is 1.03. The summed E-state index contributed by atoms with van der Waals surface area (Å²) in [5.74, 6) is 0.453. The van der Waals surface area contributed by atoms with Crippen molar-refractivity contribution in [2.24, 2.45) is 15.9 Å². The third-order valence-corrected chi connectivity index (χ3v) is 1.29. The molecule has 0 bridgehead atoms. The maximum absolute atomic E-state index is 4.09. The van der Waals surface area contributed by atoms with E-state index in [-0.39, 0.29) is 0 Å². The maximum atomic E-state index is 4.09. The van der Waals surface area contributed by atoms with Crippen molar-refractivity contribution in [3.63, 3.8) is 0 Å². The first-order chi connectivity index (χ1) is 5.22. The van der Waals surface area contributed by atoms with Gasteiger partial charge in [0.2, 0.25) is 0 Å². The largest absolute Gasteiger partial charge is 0.291 e. The predicted octanol–water partition coefficient (Wildman–Crippen LogP) is 2.32. The normalized spacial score (nSPS) is 14.1. The average Bonchev–Trinajstić information content (AvgIpc) is 1.97. The molecule has 2 nitrogen and oxygen atoms in total. The standard InChI is InChI=1S/C9H16N2/c1-5-6-11-7-9(10-4)8(2)3/h5-8H,1-4H3/b6-5-,10-9+,11-7-. The highest BCUT2D eigenvalue weighted by atomic mass is 14.7. The zero-order chi connectivity index (χ0) is 8.69. The summed E-state index contributed by atoms with van der Waals surface area (Å²) < 4.78 is 0. The fourth-order valence-electron chi connectivity index (χ4n) is 0.670. The molecule has 11 heavy (non-hydrogen) atoms. The van der Waals surface area contributed by atoms with Crippen LogP contribution in [0.4, 0.5) is 0 Å². The second-order valence-corrected chi connectivity index (χ2v) is 2.56. The summed E-state index contributed by atoms with van der Waals surface area (Å²) in [6, 6.07) is 0. The second kappa shape index (κ2) is 5.83. The highest BCUT2D eigenvalue weighted by Gasteiger charge is 1.98. The lowest BCUT2D eigenvalue weighted by Gasteiger charge is -2.00. The fourth-order valence-corrected chi connectivity index (χ4v) is 0.670. The lowest BCUT2D eigenvalue weighted by atomic mass is 10.1. The van der Waals surface area contributed by atoms with E-state index in [1.807, 2.05) is 13.0 Å². The summed E-state index contributed by atoms with van der Waals surface area (Å²) in [4.78, 5) is 8.14. The van der Waals surface area contributed by atoms with E-state index in [2.05, 4.69) is 23.8 Å². The third-order valence-electron chi connectivity index (χ3n) is 1.29. The highest BCUT2D eigenvalue weighted by Crippen LogP contribution is 1.94. The first-order valence-electron chi connectivity index (χ1n) is 3.83. The molecule has 0 rings (SSSR count). The van der Waals surface area contributed by atoms with E-state index in [4.69, 9.17) is 0 Å². The summed E-state index contributed by atoms with van der Waals surface area (Å²) >= 11 is 0.